The molecule has 3 rings (SSSR count). The maximum Gasteiger partial charge on any atom is 0.227 e. The number of piperazine rings is 1. The molecule has 6 nitrogen and oxygen atoms in total. The van der Waals surface area contributed by atoms with Crippen LogP contribution >= 0.6 is 12.4 Å². The lowest BCUT2D eigenvalue weighted by molar-refractivity contribution is -0.0873. The third-order valence-electron chi connectivity index (χ3n) is 5.42. The van der Waals surface area contributed by atoms with Crippen molar-refractivity contribution in [1.29, 1.82) is 0 Å². The van der Waals surface area contributed by atoms with Crippen LogP contribution in [0.1, 0.15) is 38.4 Å². The van der Waals surface area contributed by atoms with Crippen molar-refractivity contribution >= 4 is 22.4 Å². The third-order valence-corrected chi connectivity index (χ3v) is 7.53. The van der Waals surface area contributed by atoms with Crippen molar-refractivity contribution in [3.63, 3.8) is 0 Å². The summed E-state index contributed by atoms with van der Waals surface area (Å²) in [7, 11) is -3.51. The molecule has 1 aromatic carbocycles. The zero-order chi connectivity index (χ0) is 21.8. The summed E-state index contributed by atoms with van der Waals surface area (Å²) in [6.45, 7) is 7.37. The predicted molar refractivity (Wildman–Crippen MR) is 124 cm³/mol. The summed E-state index contributed by atoms with van der Waals surface area (Å²) in [5, 5.41) is 5.40. The molecule has 1 aliphatic heterocycles. The van der Waals surface area contributed by atoms with Crippen LogP contribution in [0, 0.1) is 5.82 Å². The number of hydrogen-bond acceptors (Lipinski definition) is 5. The molecule has 0 spiro atoms. The van der Waals surface area contributed by atoms with Gasteiger partial charge in [0.05, 0.1) is 11.3 Å². The van der Waals surface area contributed by atoms with Crippen molar-refractivity contribution in [2.24, 2.45) is 0 Å². The first-order chi connectivity index (χ1) is 14.3. The predicted octanol–water partition coefficient (Wildman–Crippen LogP) is 3.35. The molecular weight excluding hydrogens is 439 g/mol. The molecule has 1 atom stereocenters. The molecule has 31 heavy (non-hydrogen) atoms. The number of halogens is 2. The van der Waals surface area contributed by atoms with Crippen molar-refractivity contribution in [3.8, 4) is 0 Å². The molecule has 2 aromatic rings. The van der Waals surface area contributed by atoms with Crippen molar-refractivity contribution in [2.75, 3.05) is 25.4 Å². The maximum absolute atomic E-state index is 13.7. The monoisotopic (exact) mass is 470 g/mol. The van der Waals surface area contributed by atoms with Crippen molar-refractivity contribution < 1.29 is 12.8 Å². The minimum atomic E-state index is -3.51. The number of benzene rings is 1. The van der Waals surface area contributed by atoms with E-state index in [0.29, 0.717) is 32.5 Å². The smallest absolute Gasteiger partial charge is 0.227 e. The number of hydrogen-bond donors (Lipinski definition) is 1. The van der Waals surface area contributed by atoms with Gasteiger partial charge in [0.25, 0.3) is 0 Å². The summed E-state index contributed by atoms with van der Waals surface area (Å²) in [5.74, 6) is -0.237. The highest BCUT2D eigenvalue weighted by Gasteiger charge is 2.47. The highest BCUT2D eigenvalue weighted by atomic mass is 35.5. The lowest BCUT2D eigenvalue weighted by Crippen LogP contribution is -2.68. The largest absolute Gasteiger partial charge is 0.313 e. The summed E-state index contributed by atoms with van der Waals surface area (Å²) >= 11 is 0. The molecule has 1 aromatic heterocycles. The van der Waals surface area contributed by atoms with E-state index in [0.717, 1.165) is 11.3 Å². The molecule has 9 heteroatoms. The number of rotatable bonds is 8. The molecule has 1 fully saturated rings. The van der Waals surface area contributed by atoms with Crippen LogP contribution in [0.15, 0.2) is 48.7 Å². The number of nitrogens with one attached hydrogen (secondary N) is 1. The van der Waals surface area contributed by atoms with Gasteiger partial charge in [0.15, 0.2) is 0 Å². The highest BCUT2D eigenvalue weighted by Crippen LogP contribution is 2.37. The van der Waals surface area contributed by atoms with Gasteiger partial charge >= 0.3 is 0 Å². The molecule has 0 bridgehead atoms. The normalized spacial score (nSPS) is 20.1. The molecule has 2 heterocycles. The molecular formula is C22H32ClFN4O2S. The molecule has 0 aliphatic carbocycles. The van der Waals surface area contributed by atoms with E-state index in [-0.39, 0.29) is 30.0 Å². The minimum absolute atomic E-state index is 0. The standard InChI is InChI=1S/C22H31FN4O2S.ClH/c1-4-15-30(28,29)27(18(2)3)26-14-13-24-17-22(26,16-21-7-5-6-12-25-21)19-8-10-20(23)11-9-19;/h5-12,18,24H,4,13-17H2,1-3H3;1H. The minimum Gasteiger partial charge on any atom is -0.313 e. The van der Waals surface area contributed by atoms with Crippen LogP contribution in [0.25, 0.3) is 0 Å². The van der Waals surface area contributed by atoms with E-state index in [1.165, 1.54) is 12.1 Å². The Kier molecular flexibility index (Phi) is 8.97. The Morgan fingerprint density at radius 2 is 1.94 bits per heavy atom. The van der Waals surface area contributed by atoms with Gasteiger partial charge in [0.2, 0.25) is 10.0 Å². The van der Waals surface area contributed by atoms with Crippen molar-refractivity contribution in [2.45, 2.75) is 45.2 Å². The number of aromatic nitrogens is 1. The van der Waals surface area contributed by atoms with E-state index in [1.54, 1.807) is 22.7 Å². The third kappa shape index (κ3) is 5.62. The first-order valence-electron chi connectivity index (χ1n) is 10.5. The molecule has 1 unspecified atom stereocenters. The topological polar surface area (TPSA) is 65.5 Å². The second kappa shape index (κ2) is 10.8. The van der Waals surface area contributed by atoms with Gasteiger partial charge in [-0.05, 0) is 50.1 Å². The van der Waals surface area contributed by atoms with Gasteiger partial charge in [-0.1, -0.05) is 25.1 Å². The highest BCUT2D eigenvalue weighted by molar-refractivity contribution is 7.89. The fourth-order valence-electron chi connectivity index (χ4n) is 4.24. The SMILES string of the molecule is CCCS(=O)(=O)N(C(C)C)N1CCNCC1(Cc1ccccn1)c1ccc(F)cc1.Cl. The van der Waals surface area contributed by atoms with Gasteiger partial charge in [0.1, 0.15) is 5.82 Å². The van der Waals surface area contributed by atoms with E-state index in [2.05, 4.69) is 10.3 Å². The van der Waals surface area contributed by atoms with Gasteiger partial charge in [-0.25, -0.2) is 17.8 Å². The Labute approximate surface area is 191 Å². The van der Waals surface area contributed by atoms with Crippen LogP contribution in [0.2, 0.25) is 0 Å². The Bertz CT molecular complexity index is 928. The quantitative estimate of drug-likeness (QED) is 0.641. The van der Waals surface area contributed by atoms with E-state index in [4.69, 9.17) is 0 Å². The molecule has 0 radical (unpaired) electrons. The van der Waals surface area contributed by atoms with Crippen LogP contribution in [0.5, 0.6) is 0 Å². The summed E-state index contributed by atoms with van der Waals surface area (Å²) in [6, 6.07) is 11.9. The van der Waals surface area contributed by atoms with Gasteiger partial charge in [-0.2, -0.15) is 0 Å². The van der Waals surface area contributed by atoms with Crippen LogP contribution < -0.4 is 5.32 Å². The van der Waals surface area contributed by atoms with Crippen LogP contribution in [0.3, 0.4) is 0 Å². The Morgan fingerprint density at radius 3 is 2.52 bits per heavy atom. The average molecular weight is 471 g/mol. The van der Waals surface area contributed by atoms with Gasteiger partial charge in [-0.15, -0.1) is 16.8 Å². The number of hydrazine groups is 1. The van der Waals surface area contributed by atoms with E-state index >= 15 is 0 Å². The van der Waals surface area contributed by atoms with E-state index in [1.807, 2.05) is 44.0 Å². The van der Waals surface area contributed by atoms with Crippen molar-refractivity contribution in [1.82, 2.24) is 19.7 Å². The first kappa shape index (κ1) is 25.7. The maximum atomic E-state index is 13.7. The zero-order valence-electron chi connectivity index (χ0n) is 18.3. The Hall–Kier alpha value is -1.58. The Balaban J connectivity index is 0.00000341. The number of sulfonamides is 1. The van der Waals surface area contributed by atoms with Crippen LogP contribution in [-0.2, 0) is 22.0 Å². The fourth-order valence-corrected chi connectivity index (χ4v) is 6.13. The van der Waals surface area contributed by atoms with Gasteiger partial charge in [-0.3, -0.25) is 4.98 Å². The molecule has 0 amide bonds. The van der Waals surface area contributed by atoms with Crippen LogP contribution in [0.4, 0.5) is 4.39 Å². The summed E-state index contributed by atoms with van der Waals surface area (Å²) in [4.78, 5) is 4.50. The molecule has 1 saturated heterocycles. The molecule has 172 valence electrons. The first-order valence-corrected chi connectivity index (χ1v) is 12.1. The lowest BCUT2D eigenvalue weighted by atomic mass is 9.83. The summed E-state index contributed by atoms with van der Waals surface area (Å²) in [5.41, 5.74) is 0.997. The lowest BCUT2D eigenvalue weighted by Gasteiger charge is -2.52. The Morgan fingerprint density at radius 1 is 1.23 bits per heavy atom. The molecule has 0 saturated carbocycles. The fraction of sp³-hybridized carbons (Fsp3) is 0.500. The van der Waals surface area contributed by atoms with E-state index < -0.39 is 15.6 Å². The molecule has 1 aliphatic rings. The molecule has 1 N–H and O–H groups in total. The van der Waals surface area contributed by atoms with E-state index in [9.17, 15) is 12.8 Å². The zero-order valence-corrected chi connectivity index (χ0v) is 19.9. The van der Waals surface area contributed by atoms with Gasteiger partial charge < -0.3 is 5.32 Å². The second-order valence-electron chi connectivity index (χ2n) is 8.02. The summed E-state index contributed by atoms with van der Waals surface area (Å²) < 4.78 is 41.8. The van der Waals surface area contributed by atoms with Crippen LogP contribution in [-0.4, -0.2) is 54.3 Å². The van der Waals surface area contributed by atoms with Crippen molar-refractivity contribution in [3.05, 3.63) is 65.7 Å². The summed E-state index contributed by atoms with van der Waals surface area (Å²) in [6.07, 6.45) is 2.78. The second-order valence-corrected chi connectivity index (χ2v) is 9.96. The number of nitrogens with zero attached hydrogens (tertiary/aromatic N) is 3. The number of pyridine rings is 1. The van der Waals surface area contributed by atoms with Gasteiger partial charge in [0, 0.05) is 44.0 Å². The average Bonchev–Trinajstić information content (AvgIpc) is 2.70.